The molecule has 0 aliphatic carbocycles. The Hall–Kier alpha value is -1.69. The van der Waals surface area contributed by atoms with Crippen molar-refractivity contribution in [2.45, 2.75) is 26.0 Å². The van der Waals surface area contributed by atoms with Crippen LogP contribution in [0, 0.1) is 0 Å². The lowest BCUT2D eigenvalue weighted by Crippen LogP contribution is -2.32. The van der Waals surface area contributed by atoms with Crippen molar-refractivity contribution in [3.05, 3.63) is 52.2 Å². The maximum absolute atomic E-state index is 11.5. The van der Waals surface area contributed by atoms with Crippen molar-refractivity contribution < 1.29 is 14.6 Å². The summed E-state index contributed by atoms with van der Waals surface area (Å²) in [5.41, 5.74) is 0.537. The van der Waals surface area contributed by atoms with Crippen LogP contribution >= 0.6 is 11.3 Å². The predicted molar refractivity (Wildman–Crippen MR) is 88.7 cm³/mol. The maximum Gasteiger partial charge on any atom is 0.163 e. The third-order valence-electron chi connectivity index (χ3n) is 3.33. The lowest BCUT2D eigenvalue weighted by molar-refractivity contribution is 0.0967. The molecule has 0 aliphatic heterocycles. The molecular formula is C17H21NO3S. The second-order valence-corrected chi connectivity index (χ2v) is 6.14. The van der Waals surface area contributed by atoms with Crippen LogP contribution in [0.25, 0.3) is 0 Å². The molecule has 2 aromatic rings. The average molecular weight is 319 g/mol. The first-order valence-electron chi connectivity index (χ1n) is 7.25. The van der Waals surface area contributed by atoms with Gasteiger partial charge in [0.1, 0.15) is 18.5 Å². The van der Waals surface area contributed by atoms with E-state index in [1.54, 1.807) is 29.5 Å². The zero-order chi connectivity index (χ0) is 15.9. The molecule has 0 radical (unpaired) electrons. The zero-order valence-electron chi connectivity index (χ0n) is 12.8. The third kappa shape index (κ3) is 4.66. The van der Waals surface area contributed by atoms with E-state index in [1.165, 1.54) is 11.8 Å². The molecule has 0 amide bonds. The van der Waals surface area contributed by atoms with Gasteiger partial charge in [0.25, 0.3) is 0 Å². The highest BCUT2D eigenvalue weighted by Gasteiger charge is 2.12. The smallest absolute Gasteiger partial charge is 0.163 e. The summed E-state index contributed by atoms with van der Waals surface area (Å²) in [6.45, 7) is 4.14. The summed E-state index contributed by atoms with van der Waals surface area (Å²) in [6, 6.07) is 11.3. The summed E-state index contributed by atoms with van der Waals surface area (Å²) < 4.78 is 5.58. The van der Waals surface area contributed by atoms with Crippen molar-refractivity contribution in [1.82, 2.24) is 5.32 Å². The number of ether oxygens (including phenoxy) is 1. The van der Waals surface area contributed by atoms with Gasteiger partial charge in [-0.2, -0.15) is 0 Å². The minimum absolute atomic E-state index is 0.0467. The van der Waals surface area contributed by atoms with E-state index >= 15 is 0 Å². The number of hydrogen-bond donors (Lipinski definition) is 2. The van der Waals surface area contributed by atoms with Crippen LogP contribution in [-0.4, -0.2) is 30.1 Å². The summed E-state index contributed by atoms with van der Waals surface area (Å²) in [5, 5.41) is 15.3. The molecule has 0 spiro atoms. The second kappa shape index (κ2) is 8.08. The molecule has 5 heteroatoms. The number of aliphatic hydroxyl groups excluding tert-OH is 1. The molecule has 1 heterocycles. The van der Waals surface area contributed by atoms with Crippen molar-refractivity contribution in [3.63, 3.8) is 0 Å². The van der Waals surface area contributed by atoms with E-state index in [-0.39, 0.29) is 18.4 Å². The van der Waals surface area contributed by atoms with Crippen LogP contribution in [0.2, 0.25) is 0 Å². The largest absolute Gasteiger partial charge is 0.490 e. The highest BCUT2D eigenvalue weighted by atomic mass is 32.1. The van der Waals surface area contributed by atoms with Crippen molar-refractivity contribution in [2.75, 3.05) is 13.2 Å². The molecule has 0 bridgehead atoms. The highest BCUT2D eigenvalue weighted by Crippen LogP contribution is 2.19. The Kier molecular flexibility index (Phi) is 6.12. The SMILES string of the molecule is CC(=O)c1ccccc1OCC(O)CNC(C)c1cccs1. The quantitative estimate of drug-likeness (QED) is 0.734. The van der Waals surface area contributed by atoms with Gasteiger partial charge in [-0.25, -0.2) is 0 Å². The fourth-order valence-electron chi connectivity index (χ4n) is 2.08. The van der Waals surface area contributed by atoms with Crippen molar-refractivity contribution >= 4 is 17.1 Å². The van der Waals surface area contributed by atoms with Gasteiger partial charge in [0.05, 0.1) is 5.56 Å². The Morgan fingerprint density at radius 2 is 2.09 bits per heavy atom. The molecule has 1 aromatic carbocycles. The number of aliphatic hydroxyl groups is 1. The van der Waals surface area contributed by atoms with Gasteiger partial charge < -0.3 is 15.2 Å². The van der Waals surface area contributed by atoms with E-state index in [1.807, 2.05) is 17.5 Å². The molecule has 2 rings (SSSR count). The van der Waals surface area contributed by atoms with Gasteiger partial charge in [0.15, 0.2) is 5.78 Å². The summed E-state index contributed by atoms with van der Waals surface area (Å²) in [5.74, 6) is 0.467. The lowest BCUT2D eigenvalue weighted by atomic mass is 10.1. The fraction of sp³-hybridized carbons (Fsp3) is 0.353. The topological polar surface area (TPSA) is 58.6 Å². The van der Waals surface area contributed by atoms with Crippen LogP contribution in [0.4, 0.5) is 0 Å². The van der Waals surface area contributed by atoms with Crippen LogP contribution in [0.5, 0.6) is 5.75 Å². The summed E-state index contributed by atoms with van der Waals surface area (Å²) >= 11 is 1.69. The molecule has 2 atom stereocenters. The number of thiophene rings is 1. The minimum atomic E-state index is -0.637. The number of carbonyl (C=O) groups is 1. The van der Waals surface area contributed by atoms with Gasteiger partial charge in [-0.05, 0) is 37.4 Å². The first-order chi connectivity index (χ1) is 10.6. The second-order valence-electron chi connectivity index (χ2n) is 5.16. The minimum Gasteiger partial charge on any atom is -0.490 e. The monoisotopic (exact) mass is 319 g/mol. The molecule has 0 fully saturated rings. The number of para-hydroxylation sites is 1. The zero-order valence-corrected chi connectivity index (χ0v) is 13.6. The Balaban J connectivity index is 1.81. The van der Waals surface area contributed by atoms with E-state index in [2.05, 4.69) is 18.3 Å². The van der Waals surface area contributed by atoms with Gasteiger partial charge in [0, 0.05) is 17.5 Å². The Bertz CT molecular complexity index is 598. The molecule has 2 unspecified atom stereocenters. The molecule has 0 saturated carbocycles. The lowest BCUT2D eigenvalue weighted by Gasteiger charge is -2.17. The van der Waals surface area contributed by atoms with Gasteiger partial charge in [-0.3, -0.25) is 4.79 Å². The molecule has 1 aromatic heterocycles. The number of Topliss-reactive ketones (excluding diaryl/α,β-unsaturated/α-hetero) is 1. The highest BCUT2D eigenvalue weighted by molar-refractivity contribution is 7.10. The van der Waals surface area contributed by atoms with Gasteiger partial charge in [-0.15, -0.1) is 11.3 Å². The first kappa shape index (κ1) is 16.7. The van der Waals surface area contributed by atoms with Crippen LogP contribution in [0.3, 0.4) is 0 Å². The number of nitrogens with one attached hydrogen (secondary N) is 1. The summed E-state index contributed by atoms with van der Waals surface area (Å²) in [6.07, 6.45) is -0.637. The van der Waals surface area contributed by atoms with Gasteiger partial charge in [0.2, 0.25) is 0 Å². The maximum atomic E-state index is 11.5. The van der Waals surface area contributed by atoms with Gasteiger partial charge in [-0.1, -0.05) is 18.2 Å². The third-order valence-corrected chi connectivity index (χ3v) is 4.38. The normalized spacial score (nSPS) is 13.6. The molecule has 0 aliphatic rings. The standard InChI is InChI=1S/C17H21NO3S/c1-12(17-8-5-9-22-17)18-10-14(20)11-21-16-7-4-3-6-15(16)13(2)19/h3-9,12,14,18,20H,10-11H2,1-2H3. The van der Waals surface area contributed by atoms with Crippen molar-refractivity contribution in [3.8, 4) is 5.75 Å². The van der Waals surface area contributed by atoms with Crippen molar-refractivity contribution in [1.29, 1.82) is 0 Å². The number of rotatable bonds is 8. The van der Waals surface area contributed by atoms with Crippen molar-refractivity contribution in [2.24, 2.45) is 0 Å². The van der Waals surface area contributed by atoms with E-state index in [4.69, 9.17) is 4.74 Å². The molecule has 118 valence electrons. The molecule has 4 nitrogen and oxygen atoms in total. The molecule has 22 heavy (non-hydrogen) atoms. The Labute approximate surface area is 134 Å². The van der Waals surface area contributed by atoms with E-state index in [0.29, 0.717) is 17.9 Å². The van der Waals surface area contributed by atoms with E-state index in [0.717, 1.165) is 0 Å². The average Bonchev–Trinajstić information content (AvgIpc) is 3.05. The van der Waals surface area contributed by atoms with E-state index in [9.17, 15) is 9.90 Å². The number of carbonyl (C=O) groups excluding carboxylic acids is 1. The summed E-state index contributed by atoms with van der Waals surface area (Å²) in [7, 11) is 0. The van der Waals surface area contributed by atoms with Crippen LogP contribution in [0.1, 0.15) is 35.1 Å². The fourth-order valence-corrected chi connectivity index (χ4v) is 2.84. The number of ketones is 1. The number of benzene rings is 1. The van der Waals surface area contributed by atoms with Crippen LogP contribution < -0.4 is 10.1 Å². The van der Waals surface area contributed by atoms with Crippen LogP contribution in [-0.2, 0) is 0 Å². The van der Waals surface area contributed by atoms with E-state index < -0.39 is 6.10 Å². The molecule has 0 saturated heterocycles. The predicted octanol–water partition coefficient (Wildman–Crippen LogP) is 3.04. The summed E-state index contributed by atoms with van der Waals surface area (Å²) in [4.78, 5) is 12.7. The molecular weight excluding hydrogens is 298 g/mol. The van der Waals surface area contributed by atoms with Crippen LogP contribution in [0.15, 0.2) is 41.8 Å². The first-order valence-corrected chi connectivity index (χ1v) is 8.13. The Morgan fingerprint density at radius 3 is 2.77 bits per heavy atom. The number of hydrogen-bond acceptors (Lipinski definition) is 5. The van der Waals surface area contributed by atoms with Gasteiger partial charge >= 0.3 is 0 Å². The molecule has 2 N–H and O–H groups in total. The Morgan fingerprint density at radius 1 is 1.32 bits per heavy atom.